The summed E-state index contributed by atoms with van der Waals surface area (Å²) in [4.78, 5) is 69.9. The normalized spacial score (nSPS) is 18.8. The molecule has 5 atom stereocenters. The van der Waals surface area contributed by atoms with Gasteiger partial charge in [-0.05, 0) is 69.4 Å². The molecular weight excluding hydrogens is 590 g/mol. The van der Waals surface area contributed by atoms with Crippen molar-refractivity contribution in [3.05, 3.63) is 36.0 Å². The number of aliphatic carboxylic acids is 1. The number of carbonyl (C=O) groups is 5. The van der Waals surface area contributed by atoms with Gasteiger partial charge in [0.2, 0.25) is 5.91 Å². The zero-order chi connectivity index (χ0) is 34.3. The Hall–Kier alpha value is -3.93. The third-order valence-electron chi connectivity index (χ3n) is 8.67. The van der Waals surface area contributed by atoms with Crippen molar-refractivity contribution in [2.24, 2.45) is 11.1 Å². The summed E-state index contributed by atoms with van der Waals surface area (Å²) in [7, 11) is 1.26. The number of nitrogens with two attached hydrogens (primary N) is 1. The summed E-state index contributed by atoms with van der Waals surface area (Å²) in [6, 6.07) is 2.59. The molecule has 2 aromatic rings. The largest absolute Gasteiger partial charge is 0.480 e. The molecule has 0 aliphatic carbocycles. The van der Waals surface area contributed by atoms with Crippen LogP contribution in [-0.4, -0.2) is 86.7 Å². The fourth-order valence-corrected chi connectivity index (χ4v) is 6.37. The number of ether oxygens (including phenoxy) is 1. The summed E-state index contributed by atoms with van der Waals surface area (Å²) in [5, 5.41) is 13.8. The average molecular weight is 642 g/mol. The fraction of sp³-hybridized carbons (Fsp3) is 0.618. The number of hydrogen-bond donors (Lipinski definition) is 3. The van der Waals surface area contributed by atoms with Gasteiger partial charge in [-0.2, -0.15) is 0 Å². The van der Waals surface area contributed by atoms with E-state index in [1.54, 1.807) is 29.2 Å². The van der Waals surface area contributed by atoms with E-state index in [-0.39, 0.29) is 31.3 Å². The number of nitrogens with one attached hydrogen (secondary N) is 1. The summed E-state index contributed by atoms with van der Waals surface area (Å²) < 4.78 is 6.21. The number of benzene rings is 1. The van der Waals surface area contributed by atoms with E-state index in [4.69, 9.17) is 10.5 Å². The highest BCUT2D eigenvalue weighted by molar-refractivity contribution is 6.04. The minimum Gasteiger partial charge on any atom is -0.480 e. The first kappa shape index (κ1) is 36.5. The van der Waals surface area contributed by atoms with Crippen LogP contribution in [0.1, 0.15) is 92.1 Å². The first-order valence-corrected chi connectivity index (χ1v) is 16.2. The first-order valence-electron chi connectivity index (χ1n) is 16.2. The zero-order valence-electron chi connectivity index (χ0n) is 28.2. The van der Waals surface area contributed by atoms with Crippen LogP contribution in [-0.2, 0) is 25.5 Å². The maximum absolute atomic E-state index is 14.4. The number of fused-ring (bicyclic) bond motifs is 1. The molecule has 0 spiro atoms. The van der Waals surface area contributed by atoms with Crippen LogP contribution in [0.3, 0.4) is 0 Å². The van der Waals surface area contributed by atoms with Crippen LogP contribution < -0.4 is 11.1 Å². The van der Waals surface area contributed by atoms with E-state index in [0.29, 0.717) is 29.3 Å². The number of amides is 4. The standard InChI is InChI=1S/C34H51N5O7/c1-8-9-16-28(31(42)43)39(29(40)25(35)18-23-20-37(33(45)46-7)27-17-11-10-15-24(23)27)30(41)26(19-34(4,5)6)36-32(44)38-21(2)13-12-14-22(38)3/h10-11,15,17,20-22,25-26,28H,8-9,12-14,16,18-19,35H2,1-7H3,(H,36,44)(H,42,43)/t21-,22+,25-,26+,28-/m1/s1. The van der Waals surface area contributed by atoms with Gasteiger partial charge in [0, 0.05) is 23.7 Å². The van der Waals surface area contributed by atoms with E-state index in [1.807, 2.05) is 41.5 Å². The summed E-state index contributed by atoms with van der Waals surface area (Å²) >= 11 is 0. The second-order valence-corrected chi connectivity index (χ2v) is 13.7. The maximum Gasteiger partial charge on any atom is 0.418 e. The van der Waals surface area contributed by atoms with Crippen molar-refractivity contribution in [3.63, 3.8) is 0 Å². The van der Waals surface area contributed by atoms with Gasteiger partial charge in [0.15, 0.2) is 0 Å². The van der Waals surface area contributed by atoms with Crippen LogP contribution in [0.25, 0.3) is 10.9 Å². The van der Waals surface area contributed by atoms with E-state index in [0.717, 1.165) is 24.2 Å². The molecule has 3 rings (SSSR count). The Morgan fingerprint density at radius 2 is 1.72 bits per heavy atom. The van der Waals surface area contributed by atoms with Gasteiger partial charge < -0.3 is 25.8 Å². The van der Waals surface area contributed by atoms with Gasteiger partial charge in [0.1, 0.15) is 12.1 Å². The number of carbonyl (C=O) groups excluding carboxylic acids is 4. The van der Waals surface area contributed by atoms with E-state index in [2.05, 4.69) is 5.32 Å². The van der Waals surface area contributed by atoms with Gasteiger partial charge in [-0.15, -0.1) is 0 Å². The van der Waals surface area contributed by atoms with Gasteiger partial charge >= 0.3 is 18.1 Å². The number of aromatic nitrogens is 1. The molecule has 12 heteroatoms. The molecule has 0 bridgehead atoms. The third-order valence-corrected chi connectivity index (χ3v) is 8.67. The van der Waals surface area contributed by atoms with Gasteiger partial charge in [0.05, 0.1) is 18.7 Å². The Morgan fingerprint density at radius 1 is 1.09 bits per heavy atom. The third kappa shape index (κ3) is 8.65. The number of carboxylic acid groups (broad SMARTS) is 1. The lowest BCUT2D eigenvalue weighted by Gasteiger charge is -2.41. The lowest BCUT2D eigenvalue weighted by Crippen LogP contribution is -2.62. The van der Waals surface area contributed by atoms with E-state index >= 15 is 0 Å². The minimum atomic E-state index is -1.48. The number of unbranched alkanes of at least 4 members (excludes halogenated alkanes) is 1. The molecule has 4 N–H and O–H groups in total. The number of imide groups is 1. The maximum atomic E-state index is 14.4. The Balaban J connectivity index is 2.02. The SMILES string of the molecule is CCCC[C@H](C(=O)O)N(C(=O)[C@H](N)Cc1cn(C(=O)OC)c2ccccc12)C(=O)[C@H](CC(C)(C)C)NC(=O)N1[C@H](C)CCC[C@@H]1C. The number of piperidine rings is 1. The molecule has 1 aliphatic heterocycles. The van der Waals surface area contributed by atoms with Crippen LogP contribution in [0, 0.1) is 5.41 Å². The molecule has 1 aromatic heterocycles. The number of hydrogen-bond acceptors (Lipinski definition) is 7. The average Bonchev–Trinajstić information content (AvgIpc) is 3.35. The number of urea groups is 1. The molecular formula is C34H51N5O7. The predicted octanol–water partition coefficient (Wildman–Crippen LogP) is 4.90. The Kier molecular flexibility index (Phi) is 12.4. The Bertz CT molecular complexity index is 1400. The minimum absolute atomic E-state index is 0.0358. The Labute approximate surface area is 271 Å². The quantitative estimate of drug-likeness (QED) is 0.312. The lowest BCUT2D eigenvalue weighted by atomic mass is 9.87. The van der Waals surface area contributed by atoms with Crippen molar-refractivity contribution in [2.75, 3.05) is 7.11 Å². The number of rotatable bonds is 11. The second-order valence-electron chi connectivity index (χ2n) is 13.7. The second kappa shape index (κ2) is 15.6. The van der Waals surface area contributed by atoms with Crippen molar-refractivity contribution in [2.45, 2.75) is 123 Å². The lowest BCUT2D eigenvalue weighted by molar-refractivity contribution is -0.160. The van der Waals surface area contributed by atoms with Crippen LogP contribution in [0.2, 0.25) is 0 Å². The molecule has 1 aliphatic rings. The molecule has 12 nitrogen and oxygen atoms in total. The number of methoxy groups -OCH3 is 1. The van der Waals surface area contributed by atoms with Crippen molar-refractivity contribution in [1.29, 1.82) is 0 Å². The van der Waals surface area contributed by atoms with Crippen molar-refractivity contribution >= 4 is 40.8 Å². The molecule has 1 saturated heterocycles. The highest BCUT2D eigenvalue weighted by Gasteiger charge is 2.42. The molecule has 1 aromatic carbocycles. The topological polar surface area (TPSA) is 164 Å². The van der Waals surface area contributed by atoms with Crippen LogP contribution in [0.4, 0.5) is 9.59 Å². The Morgan fingerprint density at radius 3 is 2.28 bits per heavy atom. The van der Waals surface area contributed by atoms with E-state index in [1.165, 1.54) is 17.9 Å². The summed E-state index contributed by atoms with van der Waals surface area (Å²) in [6.45, 7) is 11.5. The zero-order valence-corrected chi connectivity index (χ0v) is 28.2. The fourth-order valence-electron chi connectivity index (χ4n) is 6.37. The first-order chi connectivity index (χ1) is 21.6. The highest BCUT2D eigenvalue weighted by atomic mass is 16.5. The van der Waals surface area contributed by atoms with Gasteiger partial charge in [-0.25, -0.2) is 14.4 Å². The van der Waals surface area contributed by atoms with Crippen LogP contribution >= 0.6 is 0 Å². The van der Waals surface area contributed by atoms with Crippen molar-refractivity contribution in [3.8, 4) is 0 Å². The molecule has 0 radical (unpaired) electrons. The number of carboxylic acids is 1. The smallest absolute Gasteiger partial charge is 0.418 e. The molecule has 0 saturated carbocycles. The van der Waals surface area contributed by atoms with Gasteiger partial charge in [-0.3, -0.25) is 19.1 Å². The van der Waals surface area contributed by atoms with E-state index < -0.39 is 53.4 Å². The van der Waals surface area contributed by atoms with Crippen molar-refractivity contribution in [1.82, 2.24) is 19.7 Å². The van der Waals surface area contributed by atoms with Crippen LogP contribution in [0.15, 0.2) is 30.5 Å². The molecule has 46 heavy (non-hydrogen) atoms. The molecule has 4 amide bonds. The summed E-state index contributed by atoms with van der Waals surface area (Å²) in [5.74, 6) is -3.00. The molecule has 1 fully saturated rings. The van der Waals surface area contributed by atoms with Gasteiger partial charge in [0.25, 0.3) is 5.91 Å². The molecule has 0 unspecified atom stereocenters. The van der Waals surface area contributed by atoms with Crippen LogP contribution in [0.5, 0.6) is 0 Å². The summed E-state index contributed by atoms with van der Waals surface area (Å²) in [5.41, 5.74) is 7.14. The number of likely N-dealkylation sites (tertiary alicyclic amines) is 1. The van der Waals surface area contributed by atoms with Gasteiger partial charge in [-0.1, -0.05) is 58.7 Å². The summed E-state index contributed by atoms with van der Waals surface area (Å²) in [6.07, 6.45) is 4.79. The molecule has 2 heterocycles. The number of nitrogens with zero attached hydrogens (tertiary/aromatic N) is 3. The van der Waals surface area contributed by atoms with Crippen molar-refractivity contribution < 1.29 is 33.8 Å². The predicted molar refractivity (Wildman–Crippen MR) is 175 cm³/mol. The number of para-hydroxylation sites is 1. The van der Waals surface area contributed by atoms with E-state index in [9.17, 15) is 29.1 Å². The highest BCUT2D eigenvalue weighted by Crippen LogP contribution is 2.27. The monoisotopic (exact) mass is 641 g/mol. The molecule has 254 valence electrons.